The SMILES string of the molecule is CC(C)(C)OC(=O)Nc1ccccc1NC(=O)C1(c2ccc(/C=C/C(=O)O)cc2)CC1. The van der Waals surface area contributed by atoms with Crippen LogP contribution in [0.2, 0.25) is 0 Å². The van der Waals surface area contributed by atoms with Gasteiger partial charge in [-0.1, -0.05) is 36.4 Å². The Labute approximate surface area is 181 Å². The predicted molar refractivity (Wildman–Crippen MR) is 119 cm³/mol. The zero-order chi connectivity index (χ0) is 22.6. The second kappa shape index (κ2) is 8.63. The minimum Gasteiger partial charge on any atom is -0.478 e. The fraction of sp³-hybridized carbons (Fsp3) is 0.292. The van der Waals surface area contributed by atoms with Crippen LogP contribution in [0.4, 0.5) is 16.2 Å². The Morgan fingerprint density at radius 2 is 1.55 bits per heavy atom. The maximum absolute atomic E-state index is 13.1. The summed E-state index contributed by atoms with van der Waals surface area (Å²) in [6.45, 7) is 5.33. The summed E-state index contributed by atoms with van der Waals surface area (Å²) in [6, 6.07) is 14.2. The van der Waals surface area contributed by atoms with E-state index in [1.807, 2.05) is 12.1 Å². The van der Waals surface area contributed by atoms with E-state index in [2.05, 4.69) is 10.6 Å². The number of carbonyl (C=O) groups excluding carboxylic acids is 2. The third kappa shape index (κ3) is 5.72. The van der Waals surface area contributed by atoms with Gasteiger partial charge in [-0.2, -0.15) is 0 Å². The molecule has 0 heterocycles. The van der Waals surface area contributed by atoms with Crippen molar-refractivity contribution in [3.63, 3.8) is 0 Å². The zero-order valence-corrected chi connectivity index (χ0v) is 17.8. The molecule has 162 valence electrons. The number of carbonyl (C=O) groups is 3. The Bertz CT molecular complexity index is 1020. The van der Waals surface area contributed by atoms with Crippen molar-refractivity contribution in [1.29, 1.82) is 0 Å². The molecule has 7 nitrogen and oxygen atoms in total. The van der Waals surface area contributed by atoms with Gasteiger partial charge in [-0.25, -0.2) is 9.59 Å². The number of para-hydroxylation sites is 2. The van der Waals surface area contributed by atoms with Crippen LogP contribution in [0.5, 0.6) is 0 Å². The van der Waals surface area contributed by atoms with Crippen molar-refractivity contribution < 1.29 is 24.2 Å². The van der Waals surface area contributed by atoms with Gasteiger partial charge in [-0.15, -0.1) is 0 Å². The fourth-order valence-electron chi connectivity index (χ4n) is 3.21. The summed E-state index contributed by atoms with van der Waals surface area (Å²) in [4.78, 5) is 35.9. The highest BCUT2D eigenvalue weighted by molar-refractivity contribution is 6.04. The van der Waals surface area contributed by atoms with Crippen LogP contribution in [0.15, 0.2) is 54.6 Å². The summed E-state index contributed by atoms with van der Waals surface area (Å²) < 4.78 is 5.29. The summed E-state index contributed by atoms with van der Waals surface area (Å²) in [5.74, 6) is -1.17. The molecule has 1 fully saturated rings. The first-order chi connectivity index (χ1) is 14.6. The van der Waals surface area contributed by atoms with Crippen LogP contribution in [0.25, 0.3) is 6.08 Å². The molecule has 0 saturated heterocycles. The lowest BCUT2D eigenvalue weighted by Gasteiger charge is -2.21. The molecule has 1 saturated carbocycles. The van der Waals surface area contributed by atoms with Gasteiger partial charge in [0.05, 0.1) is 16.8 Å². The van der Waals surface area contributed by atoms with Gasteiger partial charge in [0, 0.05) is 6.08 Å². The maximum Gasteiger partial charge on any atom is 0.412 e. The number of aliphatic carboxylic acids is 1. The number of nitrogens with one attached hydrogen (secondary N) is 2. The normalized spacial score (nSPS) is 14.7. The number of rotatable bonds is 6. The molecule has 0 aliphatic heterocycles. The highest BCUT2D eigenvalue weighted by Crippen LogP contribution is 2.49. The first-order valence-electron chi connectivity index (χ1n) is 10.0. The molecule has 0 bridgehead atoms. The van der Waals surface area contributed by atoms with E-state index in [4.69, 9.17) is 9.84 Å². The number of benzene rings is 2. The fourth-order valence-corrected chi connectivity index (χ4v) is 3.21. The van der Waals surface area contributed by atoms with Crippen LogP contribution in [-0.2, 0) is 19.7 Å². The Morgan fingerprint density at radius 1 is 0.968 bits per heavy atom. The maximum atomic E-state index is 13.1. The molecule has 31 heavy (non-hydrogen) atoms. The Morgan fingerprint density at radius 3 is 2.06 bits per heavy atom. The smallest absolute Gasteiger partial charge is 0.412 e. The van der Waals surface area contributed by atoms with Gasteiger partial charge >= 0.3 is 12.1 Å². The molecular formula is C24H26N2O5. The van der Waals surface area contributed by atoms with E-state index in [-0.39, 0.29) is 5.91 Å². The number of ether oxygens (including phenoxy) is 1. The monoisotopic (exact) mass is 422 g/mol. The van der Waals surface area contributed by atoms with E-state index in [0.717, 1.165) is 17.2 Å². The van der Waals surface area contributed by atoms with Crippen molar-refractivity contribution in [3.05, 3.63) is 65.7 Å². The Hall–Kier alpha value is -3.61. The van der Waals surface area contributed by atoms with Crippen molar-refractivity contribution in [2.24, 2.45) is 0 Å². The van der Waals surface area contributed by atoms with Gasteiger partial charge in [0.2, 0.25) is 5.91 Å². The summed E-state index contributed by atoms with van der Waals surface area (Å²) in [6.07, 6.45) is 3.41. The first-order valence-corrected chi connectivity index (χ1v) is 10.0. The molecule has 2 aromatic rings. The van der Waals surface area contributed by atoms with Crippen LogP contribution in [0.3, 0.4) is 0 Å². The number of hydrogen-bond donors (Lipinski definition) is 3. The molecule has 0 unspecified atom stereocenters. The summed E-state index contributed by atoms with van der Waals surface area (Å²) in [7, 11) is 0. The minimum absolute atomic E-state index is 0.153. The highest BCUT2D eigenvalue weighted by atomic mass is 16.6. The second-order valence-corrected chi connectivity index (χ2v) is 8.50. The molecule has 3 rings (SSSR count). The van der Waals surface area contributed by atoms with Crippen molar-refractivity contribution in [2.45, 2.75) is 44.6 Å². The van der Waals surface area contributed by atoms with E-state index >= 15 is 0 Å². The molecule has 2 aromatic carbocycles. The molecular weight excluding hydrogens is 396 g/mol. The molecule has 2 amide bonds. The molecule has 3 N–H and O–H groups in total. The van der Waals surface area contributed by atoms with Gasteiger partial charge in [0.25, 0.3) is 0 Å². The third-order valence-corrected chi connectivity index (χ3v) is 4.88. The standard InChI is InChI=1S/C24H26N2O5/c1-23(2,3)31-22(30)26-19-7-5-4-6-18(19)25-21(29)24(14-15-24)17-11-8-16(9-12-17)10-13-20(27)28/h4-13H,14-15H2,1-3H3,(H,25,29)(H,26,30)(H,27,28)/b13-10+. The van der Waals surface area contributed by atoms with Gasteiger partial charge in [0.15, 0.2) is 0 Å². The molecule has 1 aliphatic rings. The van der Waals surface area contributed by atoms with Gasteiger partial charge in [-0.05, 0) is 62.9 Å². The van der Waals surface area contributed by atoms with Gasteiger partial charge in [-0.3, -0.25) is 10.1 Å². The minimum atomic E-state index is -1.01. The number of hydrogen-bond acceptors (Lipinski definition) is 4. The van der Waals surface area contributed by atoms with Gasteiger partial charge in [0.1, 0.15) is 5.60 Å². The van der Waals surface area contributed by atoms with Crippen LogP contribution in [0.1, 0.15) is 44.7 Å². The van der Waals surface area contributed by atoms with Crippen LogP contribution in [0, 0.1) is 0 Å². The first kappa shape index (κ1) is 22.1. The van der Waals surface area contributed by atoms with E-state index in [9.17, 15) is 14.4 Å². The summed E-state index contributed by atoms with van der Waals surface area (Å²) in [5.41, 5.74) is 1.30. The molecule has 0 atom stereocenters. The molecule has 0 radical (unpaired) electrons. The van der Waals surface area contributed by atoms with Crippen LogP contribution >= 0.6 is 0 Å². The van der Waals surface area contributed by atoms with Crippen molar-refractivity contribution in [3.8, 4) is 0 Å². The van der Waals surface area contributed by atoms with Crippen molar-refractivity contribution in [1.82, 2.24) is 0 Å². The average Bonchev–Trinajstić information content (AvgIpc) is 3.49. The summed E-state index contributed by atoms with van der Waals surface area (Å²) >= 11 is 0. The number of amides is 2. The van der Waals surface area contributed by atoms with Gasteiger partial charge < -0.3 is 15.2 Å². The van der Waals surface area contributed by atoms with E-state index in [0.29, 0.717) is 24.2 Å². The third-order valence-electron chi connectivity index (χ3n) is 4.88. The largest absolute Gasteiger partial charge is 0.478 e. The summed E-state index contributed by atoms with van der Waals surface area (Å²) in [5, 5.41) is 14.4. The lowest BCUT2D eigenvalue weighted by molar-refractivity contribution is -0.131. The van der Waals surface area contributed by atoms with E-state index in [1.54, 1.807) is 57.2 Å². The van der Waals surface area contributed by atoms with E-state index in [1.165, 1.54) is 6.08 Å². The number of carboxylic acids is 1. The molecule has 0 spiro atoms. The molecule has 1 aliphatic carbocycles. The van der Waals surface area contributed by atoms with Crippen molar-refractivity contribution in [2.75, 3.05) is 10.6 Å². The van der Waals surface area contributed by atoms with Crippen molar-refractivity contribution >= 4 is 35.4 Å². The molecule has 0 aromatic heterocycles. The average molecular weight is 422 g/mol. The highest BCUT2D eigenvalue weighted by Gasteiger charge is 2.51. The number of carboxylic acid groups (broad SMARTS) is 1. The van der Waals surface area contributed by atoms with Crippen LogP contribution in [-0.4, -0.2) is 28.7 Å². The van der Waals surface area contributed by atoms with E-state index < -0.39 is 23.1 Å². The lowest BCUT2D eigenvalue weighted by atomic mass is 9.93. The number of anilines is 2. The Balaban J connectivity index is 1.73. The predicted octanol–water partition coefficient (Wildman–Crippen LogP) is 4.80. The second-order valence-electron chi connectivity index (χ2n) is 8.50. The Kier molecular flexibility index (Phi) is 6.15. The quantitative estimate of drug-likeness (QED) is 0.580. The topological polar surface area (TPSA) is 105 Å². The molecule has 7 heteroatoms. The lowest BCUT2D eigenvalue weighted by Crippen LogP contribution is -2.29. The van der Waals surface area contributed by atoms with Crippen LogP contribution < -0.4 is 10.6 Å². The zero-order valence-electron chi connectivity index (χ0n) is 17.8.